The minimum absolute atomic E-state index is 0.164. The number of hydrogen-bond donors (Lipinski definition) is 0. The van der Waals surface area contributed by atoms with E-state index in [0.29, 0.717) is 0 Å². The first-order valence-electron chi connectivity index (χ1n) is 5.88. The van der Waals surface area contributed by atoms with Crippen molar-refractivity contribution >= 4 is 43.2 Å². The molecule has 0 spiro atoms. The van der Waals surface area contributed by atoms with Crippen LogP contribution in [-0.2, 0) is 5.41 Å². The first-order chi connectivity index (χ1) is 8.39. The Morgan fingerprint density at radius 2 is 1.72 bits per heavy atom. The zero-order chi connectivity index (χ0) is 13.3. The Bertz CT molecular complexity index is 537. The summed E-state index contributed by atoms with van der Waals surface area (Å²) in [6.07, 6.45) is 0. The summed E-state index contributed by atoms with van der Waals surface area (Å²) in [4.78, 5) is 1.60. The highest BCUT2D eigenvalue weighted by Crippen LogP contribution is 2.40. The lowest BCUT2D eigenvalue weighted by Gasteiger charge is -2.24. The Morgan fingerprint density at radius 1 is 1.06 bits per heavy atom. The van der Waals surface area contributed by atoms with E-state index in [1.54, 1.807) is 11.3 Å². The smallest absolute Gasteiger partial charge is 0.0741 e. The Balaban J connectivity index is 2.45. The molecule has 2 rings (SSSR count). The van der Waals surface area contributed by atoms with Crippen LogP contribution in [0.4, 0.5) is 0 Å². The van der Waals surface area contributed by atoms with E-state index >= 15 is 0 Å². The molecule has 0 saturated heterocycles. The van der Waals surface area contributed by atoms with Crippen LogP contribution in [0.2, 0.25) is 0 Å². The zero-order valence-corrected chi connectivity index (χ0v) is 14.7. The lowest BCUT2D eigenvalue weighted by molar-refractivity contribution is 0.584. The Labute approximate surface area is 130 Å². The molecule has 1 unspecified atom stereocenters. The van der Waals surface area contributed by atoms with Gasteiger partial charge in [0.25, 0.3) is 0 Å². The maximum Gasteiger partial charge on any atom is 0.0741 e. The number of benzene rings is 1. The SMILES string of the molecule is CC(C)(C)c1ccccc1C(Br)c1ccc(Br)s1. The van der Waals surface area contributed by atoms with E-state index < -0.39 is 0 Å². The summed E-state index contributed by atoms with van der Waals surface area (Å²) < 4.78 is 1.18. The molecule has 1 aromatic heterocycles. The van der Waals surface area contributed by atoms with E-state index in [1.807, 2.05) is 0 Å². The van der Waals surface area contributed by atoms with Gasteiger partial charge in [0.05, 0.1) is 8.61 Å². The van der Waals surface area contributed by atoms with Gasteiger partial charge in [0.15, 0.2) is 0 Å². The molecule has 0 nitrogen and oxygen atoms in total. The van der Waals surface area contributed by atoms with Crippen molar-refractivity contribution in [1.82, 2.24) is 0 Å². The molecular formula is C15H16Br2S. The van der Waals surface area contributed by atoms with Gasteiger partial charge in [-0.15, -0.1) is 11.3 Å². The van der Waals surface area contributed by atoms with Crippen LogP contribution in [0.15, 0.2) is 40.2 Å². The molecule has 0 aliphatic rings. The fraction of sp³-hybridized carbons (Fsp3) is 0.333. The van der Waals surface area contributed by atoms with Crippen LogP contribution in [-0.4, -0.2) is 0 Å². The predicted octanol–water partition coefficient (Wildman–Crippen LogP) is 6.29. The number of alkyl halides is 1. The van der Waals surface area contributed by atoms with Crippen molar-refractivity contribution in [2.45, 2.75) is 31.0 Å². The fourth-order valence-corrected chi connectivity index (χ4v) is 4.27. The van der Waals surface area contributed by atoms with Crippen LogP contribution < -0.4 is 0 Å². The third kappa shape index (κ3) is 3.06. The van der Waals surface area contributed by atoms with E-state index in [4.69, 9.17) is 0 Å². The number of rotatable bonds is 2. The molecule has 1 heterocycles. The van der Waals surface area contributed by atoms with Crippen molar-refractivity contribution in [1.29, 1.82) is 0 Å². The predicted molar refractivity (Wildman–Crippen MR) is 87.9 cm³/mol. The minimum Gasteiger partial charge on any atom is -0.132 e. The molecule has 0 radical (unpaired) electrons. The Morgan fingerprint density at radius 3 is 2.28 bits per heavy atom. The summed E-state index contributed by atoms with van der Waals surface area (Å²) in [7, 11) is 0. The van der Waals surface area contributed by atoms with E-state index in [1.165, 1.54) is 19.8 Å². The van der Waals surface area contributed by atoms with Gasteiger partial charge < -0.3 is 0 Å². The van der Waals surface area contributed by atoms with Crippen molar-refractivity contribution in [3.8, 4) is 0 Å². The van der Waals surface area contributed by atoms with Crippen LogP contribution in [0, 0.1) is 0 Å². The van der Waals surface area contributed by atoms with Crippen LogP contribution in [0.25, 0.3) is 0 Å². The molecule has 18 heavy (non-hydrogen) atoms. The average molecular weight is 388 g/mol. The summed E-state index contributed by atoms with van der Waals surface area (Å²) in [5.41, 5.74) is 2.92. The summed E-state index contributed by atoms with van der Waals surface area (Å²) in [6, 6.07) is 13.0. The zero-order valence-electron chi connectivity index (χ0n) is 10.7. The second-order valence-corrected chi connectivity index (χ2v) is 8.75. The third-order valence-corrected chi connectivity index (χ3v) is 5.86. The largest absolute Gasteiger partial charge is 0.132 e. The maximum atomic E-state index is 3.84. The van der Waals surface area contributed by atoms with Crippen molar-refractivity contribution < 1.29 is 0 Å². The van der Waals surface area contributed by atoms with Crippen molar-refractivity contribution in [2.75, 3.05) is 0 Å². The van der Waals surface area contributed by atoms with Gasteiger partial charge in [-0.3, -0.25) is 0 Å². The standard InChI is InChI=1S/C15H16Br2S/c1-15(2,3)11-7-5-4-6-10(11)14(17)12-8-9-13(16)18-12/h4-9,14H,1-3H3. The topological polar surface area (TPSA) is 0 Å². The van der Waals surface area contributed by atoms with Crippen molar-refractivity contribution in [3.05, 3.63) is 56.2 Å². The van der Waals surface area contributed by atoms with Gasteiger partial charge in [0.1, 0.15) is 0 Å². The van der Waals surface area contributed by atoms with Gasteiger partial charge >= 0.3 is 0 Å². The Kier molecular flexibility index (Phi) is 4.35. The molecule has 2 aromatic rings. The molecule has 0 bridgehead atoms. The average Bonchev–Trinajstić information content (AvgIpc) is 2.74. The highest BCUT2D eigenvalue weighted by molar-refractivity contribution is 9.11. The first kappa shape index (κ1) is 14.3. The molecule has 0 aliphatic heterocycles. The molecule has 0 amide bonds. The molecular weight excluding hydrogens is 372 g/mol. The van der Waals surface area contributed by atoms with Crippen LogP contribution in [0.1, 0.15) is 41.6 Å². The lowest BCUT2D eigenvalue weighted by atomic mass is 9.83. The highest BCUT2D eigenvalue weighted by atomic mass is 79.9. The second-order valence-electron chi connectivity index (χ2n) is 5.34. The molecule has 1 aromatic carbocycles. The molecule has 0 aliphatic carbocycles. The third-order valence-electron chi connectivity index (χ3n) is 2.89. The van der Waals surface area contributed by atoms with Gasteiger partial charge in [-0.1, -0.05) is 61.0 Å². The van der Waals surface area contributed by atoms with Gasteiger partial charge in [-0.05, 0) is 44.6 Å². The quantitative estimate of drug-likeness (QED) is 0.531. The fourth-order valence-electron chi connectivity index (χ4n) is 2.02. The first-order valence-corrected chi connectivity index (χ1v) is 8.41. The van der Waals surface area contributed by atoms with E-state index in [0.717, 1.165) is 0 Å². The van der Waals surface area contributed by atoms with E-state index in [9.17, 15) is 0 Å². The van der Waals surface area contributed by atoms with Crippen molar-refractivity contribution in [3.63, 3.8) is 0 Å². The summed E-state index contributed by atoms with van der Waals surface area (Å²) >= 11 is 9.15. The van der Waals surface area contributed by atoms with Crippen LogP contribution in [0.3, 0.4) is 0 Å². The maximum absolute atomic E-state index is 3.84. The number of thiophene rings is 1. The molecule has 96 valence electrons. The van der Waals surface area contributed by atoms with Crippen LogP contribution >= 0.6 is 43.2 Å². The lowest BCUT2D eigenvalue weighted by Crippen LogP contribution is -2.14. The normalized spacial score (nSPS) is 13.6. The van der Waals surface area contributed by atoms with Gasteiger partial charge in [0.2, 0.25) is 0 Å². The molecule has 0 fully saturated rings. The summed E-state index contributed by atoms with van der Waals surface area (Å²) in [5.74, 6) is 0. The molecule has 0 N–H and O–H groups in total. The van der Waals surface area contributed by atoms with Gasteiger partial charge in [0, 0.05) is 4.88 Å². The molecule has 0 saturated carbocycles. The summed E-state index contributed by atoms with van der Waals surface area (Å²) in [5, 5.41) is 0. The van der Waals surface area contributed by atoms with E-state index in [2.05, 4.69) is 89.0 Å². The highest BCUT2D eigenvalue weighted by Gasteiger charge is 2.22. The molecule has 3 heteroatoms. The molecule has 1 atom stereocenters. The number of halogens is 2. The van der Waals surface area contributed by atoms with Gasteiger partial charge in [-0.25, -0.2) is 0 Å². The second kappa shape index (κ2) is 5.48. The van der Waals surface area contributed by atoms with Crippen molar-refractivity contribution in [2.24, 2.45) is 0 Å². The van der Waals surface area contributed by atoms with E-state index in [-0.39, 0.29) is 10.2 Å². The monoisotopic (exact) mass is 386 g/mol. The van der Waals surface area contributed by atoms with Crippen LogP contribution in [0.5, 0.6) is 0 Å². The summed E-state index contributed by atoms with van der Waals surface area (Å²) in [6.45, 7) is 6.78. The van der Waals surface area contributed by atoms with Gasteiger partial charge in [-0.2, -0.15) is 0 Å². The Hall–Kier alpha value is -0.120. The number of hydrogen-bond acceptors (Lipinski definition) is 1. The minimum atomic E-state index is 0.164.